The summed E-state index contributed by atoms with van der Waals surface area (Å²) >= 11 is 0. The molecule has 0 bridgehead atoms. The molecule has 450 valence electrons. The average molecular weight is 1190 g/mol. The number of fused-ring (bicyclic) bond motifs is 8. The Hall–Kier alpha value is -10.4. The van der Waals surface area contributed by atoms with E-state index in [1.807, 2.05) is 24.3 Å². The Labute approximate surface area is 547 Å². The van der Waals surface area contributed by atoms with Gasteiger partial charge in [0, 0.05) is 17.3 Å². The van der Waals surface area contributed by atoms with Crippen LogP contribution in [0, 0.1) is 54.4 Å². The lowest BCUT2D eigenvalue weighted by atomic mass is 9.68. The fourth-order valence-electron chi connectivity index (χ4n) is 13.7. The van der Waals surface area contributed by atoms with Crippen molar-refractivity contribution in [1.82, 2.24) is 0 Å². The quantitative estimate of drug-likeness (QED) is 0.154. The summed E-state index contributed by atoms with van der Waals surface area (Å²) in [6, 6.07) is 98.9. The van der Waals surface area contributed by atoms with Crippen LogP contribution < -0.4 is 0 Å². The zero-order valence-corrected chi connectivity index (χ0v) is 54.8. The van der Waals surface area contributed by atoms with Gasteiger partial charge < -0.3 is 0 Å². The predicted octanol–water partition coefficient (Wildman–Crippen LogP) is 25.3. The summed E-state index contributed by atoms with van der Waals surface area (Å²) in [6.45, 7) is 19.6. The van der Waals surface area contributed by atoms with Crippen LogP contribution in [0.25, 0.3) is 89.0 Å². The number of rotatable bonds is 1. The van der Waals surface area contributed by atoms with Crippen LogP contribution in [0.1, 0.15) is 86.5 Å². The molecule has 92 heavy (non-hydrogen) atoms. The smallest absolute Gasteiger partial charge is 0.0199 e. The van der Waals surface area contributed by atoms with Crippen LogP contribution >= 0.6 is 0 Å². The maximum absolute atomic E-state index is 2.35. The molecule has 0 spiro atoms. The molecule has 0 saturated carbocycles. The Kier molecular flexibility index (Phi) is 18.7. The molecule has 2 unspecified atom stereocenters. The molecule has 0 aromatic heterocycles. The van der Waals surface area contributed by atoms with Crippen LogP contribution in [0.5, 0.6) is 0 Å². The first-order valence-corrected chi connectivity index (χ1v) is 32.6. The van der Waals surface area contributed by atoms with E-state index in [0.29, 0.717) is 11.8 Å². The topological polar surface area (TPSA) is 0 Å². The van der Waals surface area contributed by atoms with Crippen LogP contribution in [0.4, 0.5) is 0 Å². The van der Waals surface area contributed by atoms with Gasteiger partial charge in [0.15, 0.2) is 0 Å². The first-order chi connectivity index (χ1) is 44.8. The summed E-state index contributed by atoms with van der Waals surface area (Å²) in [5.74, 6) is 1.10. The normalized spacial score (nSPS) is 14.4. The van der Waals surface area contributed by atoms with Gasteiger partial charge in [-0.15, -0.1) is 0 Å². The molecule has 0 heteroatoms. The summed E-state index contributed by atoms with van der Waals surface area (Å²) in [4.78, 5) is 0. The van der Waals surface area contributed by atoms with E-state index in [9.17, 15) is 0 Å². The first kappa shape index (κ1) is 61.8. The third-order valence-corrected chi connectivity index (χ3v) is 18.7. The molecule has 0 amide bonds. The van der Waals surface area contributed by atoms with Gasteiger partial charge >= 0.3 is 0 Å². The zero-order valence-electron chi connectivity index (χ0n) is 54.8. The molecule has 5 aliphatic rings. The number of hydrogen-bond donors (Lipinski definition) is 0. The summed E-state index contributed by atoms with van der Waals surface area (Å²) in [5.41, 5.74) is 29.2. The zero-order chi connectivity index (χ0) is 63.7. The molecule has 0 aliphatic heterocycles. The lowest BCUT2D eigenvalue weighted by Gasteiger charge is -2.35. The molecule has 0 saturated heterocycles. The number of hydrogen-bond acceptors (Lipinski definition) is 0. The van der Waals surface area contributed by atoms with E-state index < -0.39 is 0 Å². The van der Waals surface area contributed by atoms with Gasteiger partial charge in [0.25, 0.3) is 0 Å². The second-order valence-corrected chi connectivity index (χ2v) is 25.6. The third kappa shape index (κ3) is 13.4. The molecule has 0 fully saturated rings. The minimum Gasteiger partial charge on any atom is -0.0767 e. The predicted molar refractivity (Wildman–Crippen MR) is 400 cm³/mol. The molecule has 0 radical (unpaired) electrons. The standard InChI is InChI=1S/C17H12.C17H14.C16H16.C13H12.2C11H10.C7H8/c1-11-9-10-16-14-6-3-2-5-13(14)15-8-4-7-12(11)17(15)16;1-11-5-6-14-8-7-12-3-2-4-13-9-10-15(11)17(14)16(12)13;1-11-8-9-13-12-6-4-5-7-14(12)16(2,3)15(13)10-11;1-11-7-9-13(10-8-11)12-5-3-2-4-6-12;1-9-5-4-7-10-6-2-3-8-11(9)10;1-9-6-7-10-4-2-3-5-11(10)8-9;1-7-5-3-2-4-6-7/h2-10H,1H3;2-10,13,16H,1H3;4-10H,1-3H3;2-10H,1H3;2*2-8H,1H3;2-6H,1H3. The Balaban J connectivity index is 0.000000105. The van der Waals surface area contributed by atoms with Crippen LogP contribution in [0.3, 0.4) is 0 Å². The number of aryl methyl sites for hydroxylation is 7. The van der Waals surface area contributed by atoms with Crippen molar-refractivity contribution in [3.05, 3.63) is 382 Å². The lowest BCUT2D eigenvalue weighted by Crippen LogP contribution is -2.21. The fraction of sp³-hybridized carbons (Fsp3) is 0.130. The molecule has 0 nitrogen and oxygen atoms in total. The summed E-state index contributed by atoms with van der Waals surface area (Å²) < 4.78 is 0. The van der Waals surface area contributed by atoms with E-state index in [-0.39, 0.29) is 5.41 Å². The maximum atomic E-state index is 2.35. The number of allylic oxidation sites excluding steroid dienone is 6. The Bertz CT molecular complexity index is 4850. The van der Waals surface area contributed by atoms with Gasteiger partial charge in [-0.25, -0.2) is 0 Å². The van der Waals surface area contributed by atoms with Crippen molar-refractivity contribution in [2.75, 3.05) is 0 Å². The van der Waals surface area contributed by atoms with Crippen molar-refractivity contribution in [1.29, 1.82) is 0 Å². The SMILES string of the molecule is Cc1ccc(-c2ccccc2)cc1.Cc1ccc2c(c1)C(C)(C)c1ccccc1-2.Cc1ccc2c3c(cccc13)-c1ccccc1-2.Cc1ccc2c3c1C=CC1C=CC=C(C=C2)C31.Cc1ccc2ccccc2c1.Cc1cccc2ccccc12.Cc1ccccc1. The highest BCUT2D eigenvalue weighted by molar-refractivity contribution is 6.16. The lowest BCUT2D eigenvalue weighted by molar-refractivity contribution is 0.660. The second kappa shape index (κ2) is 27.8. The van der Waals surface area contributed by atoms with E-state index in [0.717, 1.165) is 0 Å². The van der Waals surface area contributed by atoms with Crippen molar-refractivity contribution in [2.24, 2.45) is 5.92 Å². The molecule has 5 aliphatic carbocycles. The van der Waals surface area contributed by atoms with E-state index in [1.54, 1.807) is 0 Å². The second-order valence-electron chi connectivity index (χ2n) is 25.6. The van der Waals surface area contributed by atoms with Gasteiger partial charge in [0.05, 0.1) is 0 Å². The highest BCUT2D eigenvalue weighted by Crippen LogP contribution is 2.50. The van der Waals surface area contributed by atoms with Crippen LogP contribution in [0.15, 0.2) is 315 Å². The monoisotopic (exact) mass is 1190 g/mol. The summed E-state index contributed by atoms with van der Waals surface area (Å²) in [6.07, 6.45) is 16.0. The van der Waals surface area contributed by atoms with Gasteiger partial charge in [0.2, 0.25) is 0 Å². The van der Waals surface area contributed by atoms with E-state index in [1.165, 1.54) is 149 Å². The number of benzene rings is 13. The molecular weight excluding hydrogens is 1110 g/mol. The largest absolute Gasteiger partial charge is 0.0767 e. The van der Waals surface area contributed by atoms with E-state index >= 15 is 0 Å². The van der Waals surface area contributed by atoms with Crippen molar-refractivity contribution >= 4 is 44.5 Å². The van der Waals surface area contributed by atoms with Gasteiger partial charge in [-0.1, -0.05) is 358 Å². The maximum Gasteiger partial charge on any atom is 0.0199 e. The molecule has 13 aromatic carbocycles. The highest BCUT2D eigenvalue weighted by Gasteiger charge is 2.35. The van der Waals surface area contributed by atoms with Crippen molar-refractivity contribution in [2.45, 2.75) is 73.6 Å². The van der Waals surface area contributed by atoms with Gasteiger partial charge in [-0.3, -0.25) is 0 Å². The summed E-state index contributed by atoms with van der Waals surface area (Å²) in [5, 5.41) is 8.14. The van der Waals surface area contributed by atoms with Crippen molar-refractivity contribution < 1.29 is 0 Å². The average Bonchev–Trinajstić information content (AvgIpc) is 1.16. The Morgan fingerprint density at radius 3 is 1.57 bits per heavy atom. The van der Waals surface area contributed by atoms with Crippen LogP contribution in [-0.4, -0.2) is 0 Å². The van der Waals surface area contributed by atoms with Gasteiger partial charge in [0.1, 0.15) is 0 Å². The molecule has 0 heterocycles. The molecule has 13 aromatic rings. The minimum absolute atomic E-state index is 0.151. The van der Waals surface area contributed by atoms with Gasteiger partial charge in [-0.2, -0.15) is 0 Å². The van der Waals surface area contributed by atoms with E-state index in [2.05, 4.69) is 360 Å². The van der Waals surface area contributed by atoms with Crippen LogP contribution in [-0.2, 0) is 5.41 Å². The fourth-order valence-corrected chi connectivity index (χ4v) is 13.7. The highest BCUT2D eigenvalue weighted by atomic mass is 14.4. The van der Waals surface area contributed by atoms with Gasteiger partial charge in [-0.05, 0) is 175 Å². The molecule has 18 rings (SSSR count). The Morgan fingerprint density at radius 2 is 0.837 bits per heavy atom. The molecule has 0 N–H and O–H groups in total. The van der Waals surface area contributed by atoms with Crippen molar-refractivity contribution in [3.8, 4) is 44.5 Å². The van der Waals surface area contributed by atoms with E-state index in [4.69, 9.17) is 0 Å². The Morgan fingerprint density at radius 1 is 0.315 bits per heavy atom. The third-order valence-electron chi connectivity index (χ3n) is 18.7. The van der Waals surface area contributed by atoms with Crippen LogP contribution in [0.2, 0.25) is 0 Å². The minimum atomic E-state index is 0.151. The summed E-state index contributed by atoms with van der Waals surface area (Å²) in [7, 11) is 0. The molecular formula is C92H82. The van der Waals surface area contributed by atoms with Crippen molar-refractivity contribution in [3.63, 3.8) is 0 Å². The first-order valence-electron chi connectivity index (χ1n) is 32.6. The molecule has 2 atom stereocenters.